The van der Waals surface area contributed by atoms with Crippen molar-refractivity contribution in [2.45, 2.75) is 123 Å². The highest BCUT2D eigenvalue weighted by Crippen LogP contribution is 2.22. The molecule has 1 aromatic carbocycles. The summed E-state index contributed by atoms with van der Waals surface area (Å²) in [7, 11) is 0. The van der Waals surface area contributed by atoms with E-state index < -0.39 is 0 Å². The second-order valence-electron chi connectivity index (χ2n) is 8.41. The summed E-state index contributed by atoms with van der Waals surface area (Å²) in [5.74, 6) is 0.981. The normalized spacial score (nSPS) is 11.1. The van der Waals surface area contributed by atoms with E-state index in [1.54, 1.807) is 0 Å². The zero-order valence-electron chi connectivity index (χ0n) is 18.9. The monoisotopic (exact) mass is 389 g/mol. The minimum absolute atomic E-state index is 0.815. The Hall–Kier alpha value is -1.18. The van der Waals surface area contributed by atoms with Crippen LogP contribution in [0.2, 0.25) is 0 Å². The van der Waals surface area contributed by atoms with E-state index in [0.717, 1.165) is 30.9 Å². The smallest absolute Gasteiger partial charge is 0.119 e. The van der Waals surface area contributed by atoms with E-state index in [4.69, 9.17) is 10.5 Å². The quantitative estimate of drug-likeness (QED) is 0.190. The fraction of sp³-hybridized carbons (Fsp3) is 0.769. The van der Waals surface area contributed by atoms with Crippen LogP contribution in [-0.2, 0) is 6.42 Å². The summed E-state index contributed by atoms with van der Waals surface area (Å²) >= 11 is 0. The summed E-state index contributed by atoms with van der Waals surface area (Å²) in [6, 6.07) is 6.17. The largest absolute Gasteiger partial charge is 0.494 e. The van der Waals surface area contributed by atoms with Gasteiger partial charge in [-0.25, -0.2) is 0 Å². The van der Waals surface area contributed by atoms with E-state index in [9.17, 15) is 0 Å². The van der Waals surface area contributed by atoms with E-state index in [0.29, 0.717) is 0 Å². The summed E-state index contributed by atoms with van der Waals surface area (Å²) in [5, 5.41) is 0. The van der Waals surface area contributed by atoms with Crippen LogP contribution >= 0.6 is 0 Å². The zero-order valence-corrected chi connectivity index (χ0v) is 18.9. The summed E-state index contributed by atoms with van der Waals surface area (Å²) in [4.78, 5) is 0. The van der Waals surface area contributed by atoms with Crippen molar-refractivity contribution in [2.75, 3.05) is 12.3 Å². The predicted molar refractivity (Wildman–Crippen MR) is 125 cm³/mol. The number of benzene rings is 1. The fourth-order valence-electron chi connectivity index (χ4n) is 3.76. The lowest BCUT2D eigenvalue weighted by Gasteiger charge is -2.10. The first kappa shape index (κ1) is 24.9. The molecule has 2 N–H and O–H groups in total. The number of hydrogen-bond acceptors (Lipinski definition) is 2. The van der Waals surface area contributed by atoms with Gasteiger partial charge in [-0.3, -0.25) is 0 Å². The lowest BCUT2D eigenvalue weighted by Crippen LogP contribution is -2.00. The molecule has 1 aromatic rings. The number of anilines is 1. The summed E-state index contributed by atoms with van der Waals surface area (Å²) in [6.45, 7) is 5.32. The van der Waals surface area contributed by atoms with Crippen molar-refractivity contribution in [2.24, 2.45) is 0 Å². The molecule has 0 amide bonds. The first-order valence-corrected chi connectivity index (χ1v) is 12.3. The highest BCUT2D eigenvalue weighted by molar-refractivity contribution is 5.50. The molecule has 0 atom stereocenters. The molecule has 0 aromatic heterocycles. The highest BCUT2D eigenvalue weighted by atomic mass is 16.5. The standard InChI is InChI=1S/C26H47NO/c1-3-5-7-8-9-10-11-12-13-14-15-16-17-19-24-23-25(20-21-26(24)27)28-22-18-6-4-2/h20-21,23H,3-19,22,27H2,1-2H3. The molecule has 28 heavy (non-hydrogen) atoms. The molecular weight excluding hydrogens is 342 g/mol. The van der Waals surface area contributed by atoms with Crippen molar-refractivity contribution < 1.29 is 4.74 Å². The average molecular weight is 390 g/mol. The van der Waals surface area contributed by atoms with Crippen LogP contribution in [0.3, 0.4) is 0 Å². The van der Waals surface area contributed by atoms with Gasteiger partial charge in [0.05, 0.1) is 6.61 Å². The lowest BCUT2D eigenvalue weighted by atomic mass is 10.0. The molecule has 0 fully saturated rings. The minimum Gasteiger partial charge on any atom is -0.494 e. The van der Waals surface area contributed by atoms with Gasteiger partial charge in [0.25, 0.3) is 0 Å². The van der Waals surface area contributed by atoms with Gasteiger partial charge in [0.15, 0.2) is 0 Å². The third-order valence-electron chi connectivity index (χ3n) is 5.68. The number of ether oxygens (including phenoxy) is 1. The van der Waals surface area contributed by atoms with Gasteiger partial charge in [-0.15, -0.1) is 0 Å². The van der Waals surface area contributed by atoms with Crippen molar-refractivity contribution in [3.63, 3.8) is 0 Å². The Balaban J connectivity index is 2.02. The maximum atomic E-state index is 6.16. The van der Waals surface area contributed by atoms with E-state index >= 15 is 0 Å². The number of aryl methyl sites for hydroxylation is 1. The van der Waals surface area contributed by atoms with Crippen LogP contribution in [0.25, 0.3) is 0 Å². The van der Waals surface area contributed by atoms with Gasteiger partial charge in [-0.2, -0.15) is 0 Å². The number of rotatable bonds is 19. The summed E-state index contributed by atoms with van der Waals surface area (Å²) in [6.07, 6.45) is 22.8. The van der Waals surface area contributed by atoms with E-state index in [1.165, 1.54) is 102 Å². The van der Waals surface area contributed by atoms with Crippen LogP contribution in [0.5, 0.6) is 5.75 Å². The molecule has 0 aliphatic rings. The molecular formula is C26H47NO. The second kappa shape index (κ2) is 17.9. The molecule has 0 heterocycles. The van der Waals surface area contributed by atoms with Crippen molar-refractivity contribution in [1.29, 1.82) is 0 Å². The molecule has 0 saturated heterocycles. The average Bonchev–Trinajstić information content (AvgIpc) is 2.70. The molecule has 0 unspecified atom stereocenters. The molecule has 0 aliphatic carbocycles. The molecule has 1 rings (SSSR count). The Morgan fingerprint density at radius 3 is 1.71 bits per heavy atom. The van der Waals surface area contributed by atoms with Crippen molar-refractivity contribution >= 4 is 5.69 Å². The van der Waals surface area contributed by atoms with Gasteiger partial charge < -0.3 is 10.5 Å². The van der Waals surface area contributed by atoms with Gasteiger partial charge in [-0.1, -0.05) is 104 Å². The molecule has 2 heteroatoms. The van der Waals surface area contributed by atoms with Gasteiger partial charge >= 0.3 is 0 Å². The maximum absolute atomic E-state index is 6.16. The lowest BCUT2D eigenvalue weighted by molar-refractivity contribution is 0.306. The van der Waals surface area contributed by atoms with Crippen LogP contribution in [0.15, 0.2) is 18.2 Å². The minimum atomic E-state index is 0.815. The van der Waals surface area contributed by atoms with Crippen molar-refractivity contribution in [1.82, 2.24) is 0 Å². The first-order valence-electron chi connectivity index (χ1n) is 12.3. The summed E-state index contributed by atoms with van der Waals surface area (Å²) in [5.41, 5.74) is 8.33. The van der Waals surface area contributed by atoms with E-state index in [2.05, 4.69) is 19.9 Å². The topological polar surface area (TPSA) is 35.2 Å². The maximum Gasteiger partial charge on any atom is 0.119 e. The molecule has 162 valence electrons. The molecule has 0 saturated carbocycles. The third-order valence-corrected chi connectivity index (χ3v) is 5.68. The number of unbranched alkanes of at least 4 members (excludes halogenated alkanes) is 14. The Kier molecular flexibility index (Phi) is 15.9. The number of nitrogens with two attached hydrogens (primary N) is 1. The van der Waals surface area contributed by atoms with Crippen molar-refractivity contribution in [3.8, 4) is 5.75 Å². The van der Waals surface area contributed by atoms with Crippen molar-refractivity contribution in [3.05, 3.63) is 23.8 Å². The van der Waals surface area contributed by atoms with Crippen LogP contribution in [-0.4, -0.2) is 6.61 Å². The Labute approximate surface area is 175 Å². The molecule has 0 spiro atoms. The number of hydrogen-bond donors (Lipinski definition) is 1. The van der Waals surface area contributed by atoms with Gasteiger partial charge in [0, 0.05) is 5.69 Å². The molecule has 0 radical (unpaired) electrons. The van der Waals surface area contributed by atoms with Crippen LogP contribution in [0, 0.1) is 0 Å². The molecule has 0 bridgehead atoms. The van der Waals surface area contributed by atoms with Crippen LogP contribution in [0.4, 0.5) is 5.69 Å². The predicted octanol–water partition coefficient (Wildman–Crippen LogP) is 8.47. The van der Waals surface area contributed by atoms with Gasteiger partial charge in [0.2, 0.25) is 0 Å². The molecule has 0 aliphatic heterocycles. The Morgan fingerprint density at radius 2 is 1.14 bits per heavy atom. The first-order chi connectivity index (χ1) is 13.8. The Bertz CT molecular complexity index is 472. The van der Waals surface area contributed by atoms with E-state index in [-0.39, 0.29) is 0 Å². The SMILES string of the molecule is CCCCCCCCCCCCCCCc1cc(OCCCCC)ccc1N. The van der Waals surface area contributed by atoms with Gasteiger partial charge in [-0.05, 0) is 43.0 Å². The third kappa shape index (κ3) is 13.1. The van der Waals surface area contributed by atoms with Crippen LogP contribution < -0.4 is 10.5 Å². The molecule has 2 nitrogen and oxygen atoms in total. The van der Waals surface area contributed by atoms with Gasteiger partial charge in [0.1, 0.15) is 5.75 Å². The second-order valence-corrected chi connectivity index (χ2v) is 8.41. The highest BCUT2D eigenvalue weighted by Gasteiger charge is 2.03. The van der Waals surface area contributed by atoms with E-state index in [1.807, 2.05) is 12.1 Å². The summed E-state index contributed by atoms with van der Waals surface area (Å²) < 4.78 is 5.87. The Morgan fingerprint density at radius 1 is 0.643 bits per heavy atom. The van der Waals surface area contributed by atoms with Crippen LogP contribution in [0.1, 0.15) is 122 Å². The zero-order chi connectivity index (χ0) is 20.3. The fourth-order valence-corrected chi connectivity index (χ4v) is 3.76. The number of nitrogen functional groups attached to an aromatic ring is 1.